The Hall–Kier alpha value is -4.20. The Labute approximate surface area is 178 Å². The van der Waals surface area contributed by atoms with E-state index in [1.54, 1.807) is 37.5 Å². The second kappa shape index (κ2) is 8.66. The van der Waals surface area contributed by atoms with Crippen molar-refractivity contribution < 1.29 is 9.18 Å². The van der Waals surface area contributed by atoms with E-state index in [4.69, 9.17) is 0 Å². The Kier molecular flexibility index (Phi) is 5.61. The first-order valence-electron chi connectivity index (χ1n) is 9.66. The molecule has 0 aliphatic heterocycles. The van der Waals surface area contributed by atoms with Gasteiger partial charge in [0.1, 0.15) is 5.82 Å². The van der Waals surface area contributed by atoms with Crippen LogP contribution >= 0.6 is 0 Å². The smallest absolute Gasteiger partial charge is 0.243 e. The molecular formula is C23H21FN6O. The Balaban J connectivity index is 1.52. The van der Waals surface area contributed by atoms with E-state index >= 15 is 0 Å². The number of H-pyrrole nitrogens is 1. The molecule has 0 saturated heterocycles. The quantitative estimate of drug-likeness (QED) is 0.343. The van der Waals surface area contributed by atoms with E-state index in [-0.39, 0.29) is 11.7 Å². The summed E-state index contributed by atoms with van der Waals surface area (Å²) < 4.78 is 14.8. The molecule has 2 heterocycles. The van der Waals surface area contributed by atoms with Gasteiger partial charge in [-0.15, -0.1) is 0 Å². The number of hydrogen-bond acceptors (Lipinski definition) is 5. The number of rotatable bonds is 6. The number of amides is 1. The van der Waals surface area contributed by atoms with Crippen molar-refractivity contribution in [2.75, 3.05) is 17.7 Å². The predicted molar refractivity (Wildman–Crippen MR) is 121 cm³/mol. The highest BCUT2D eigenvalue weighted by molar-refractivity contribution is 5.91. The summed E-state index contributed by atoms with van der Waals surface area (Å²) in [4.78, 5) is 23.1. The molecule has 0 spiro atoms. The van der Waals surface area contributed by atoms with Gasteiger partial charge in [0, 0.05) is 41.6 Å². The fourth-order valence-corrected chi connectivity index (χ4v) is 3.14. The van der Waals surface area contributed by atoms with E-state index in [0.717, 1.165) is 22.5 Å². The van der Waals surface area contributed by atoms with Crippen LogP contribution in [0.15, 0.2) is 60.8 Å². The van der Waals surface area contributed by atoms with Gasteiger partial charge in [-0.05, 0) is 55.0 Å². The highest BCUT2D eigenvalue weighted by Gasteiger charge is 2.10. The van der Waals surface area contributed by atoms with E-state index in [9.17, 15) is 9.18 Å². The van der Waals surface area contributed by atoms with Gasteiger partial charge in [0.25, 0.3) is 0 Å². The van der Waals surface area contributed by atoms with Gasteiger partial charge in [0.2, 0.25) is 11.9 Å². The van der Waals surface area contributed by atoms with Crippen LogP contribution in [0, 0.1) is 12.7 Å². The molecule has 2 aromatic heterocycles. The van der Waals surface area contributed by atoms with Crippen molar-refractivity contribution in [2.24, 2.45) is 0 Å². The third-order valence-corrected chi connectivity index (χ3v) is 4.61. The summed E-state index contributed by atoms with van der Waals surface area (Å²) in [5.41, 5.74) is 3.58. The van der Waals surface area contributed by atoms with Crippen LogP contribution in [0.3, 0.4) is 0 Å². The maximum absolute atomic E-state index is 14.8. The Morgan fingerprint density at radius 2 is 2.00 bits per heavy atom. The summed E-state index contributed by atoms with van der Waals surface area (Å²) in [5, 5.41) is 9.20. The van der Waals surface area contributed by atoms with Gasteiger partial charge in [-0.1, -0.05) is 12.1 Å². The van der Waals surface area contributed by atoms with Gasteiger partial charge in [0.05, 0.1) is 5.69 Å². The predicted octanol–water partition coefficient (Wildman–Crippen LogP) is 4.65. The molecule has 1 amide bonds. The third-order valence-electron chi connectivity index (χ3n) is 4.61. The van der Waals surface area contributed by atoms with Crippen molar-refractivity contribution in [1.29, 1.82) is 0 Å². The molecule has 0 unspecified atom stereocenters. The molecule has 0 aliphatic rings. The molecule has 31 heavy (non-hydrogen) atoms. The minimum atomic E-state index is -0.342. The van der Waals surface area contributed by atoms with Gasteiger partial charge in [-0.3, -0.25) is 4.79 Å². The number of nitrogens with zero attached hydrogens (tertiary/aromatic N) is 2. The summed E-state index contributed by atoms with van der Waals surface area (Å²) in [6, 6.07) is 14.4. The molecule has 4 N–H and O–H groups in total. The average Bonchev–Trinajstić information content (AvgIpc) is 3.16. The summed E-state index contributed by atoms with van der Waals surface area (Å²) in [6.45, 7) is 1.89. The highest BCUT2D eigenvalue weighted by atomic mass is 19.1. The first kappa shape index (κ1) is 20.1. The first-order valence-corrected chi connectivity index (χ1v) is 9.66. The van der Waals surface area contributed by atoms with E-state index in [1.807, 2.05) is 37.3 Å². The molecule has 2 aromatic carbocycles. The molecular weight excluding hydrogens is 395 g/mol. The summed E-state index contributed by atoms with van der Waals surface area (Å²) >= 11 is 0. The third kappa shape index (κ3) is 4.69. The molecule has 7 nitrogen and oxygen atoms in total. The monoisotopic (exact) mass is 416 g/mol. The van der Waals surface area contributed by atoms with Crippen LogP contribution in [0.25, 0.3) is 17.0 Å². The van der Waals surface area contributed by atoms with Crippen LogP contribution < -0.4 is 16.0 Å². The maximum atomic E-state index is 14.8. The molecule has 156 valence electrons. The second-order valence-corrected chi connectivity index (χ2v) is 6.93. The van der Waals surface area contributed by atoms with Crippen molar-refractivity contribution in [3.63, 3.8) is 0 Å². The largest absolute Gasteiger partial charge is 0.359 e. The number of hydrogen-bond donors (Lipinski definition) is 4. The standard InChI is InChI=1S/C23H21FN6O/c1-14-12-17-18(27-14)7-8-19(22(17)24)29-20-10-11-26-23(30-20)28-16-5-3-4-15(13-16)6-9-21(31)25-2/h3-13,27H,1-2H3,(H,25,31)(H2,26,28,29,30)/b9-6+. The van der Waals surface area contributed by atoms with Crippen molar-refractivity contribution in [3.05, 3.63) is 77.9 Å². The number of likely N-dealkylation sites (N-methyl/N-ethyl adjacent to an activating group) is 1. The van der Waals surface area contributed by atoms with E-state index < -0.39 is 0 Å². The number of aromatic nitrogens is 3. The first-order chi connectivity index (χ1) is 15.0. The molecule has 4 aromatic rings. The van der Waals surface area contributed by atoms with E-state index in [1.165, 1.54) is 6.08 Å². The Bertz CT molecular complexity index is 1280. The normalized spacial score (nSPS) is 11.1. The SMILES string of the molecule is CNC(=O)/C=C/c1cccc(Nc2nccc(Nc3ccc4[nH]c(C)cc4c3F)n2)c1. The van der Waals surface area contributed by atoms with Crippen LogP contribution in [0.4, 0.5) is 27.5 Å². The minimum absolute atomic E-state index is 0.180. The average molecular weight is 416 g/mol. The zero-order chi connectivity index (χ0) is 21.8. The molecule has 8 heteroatoms. The van der Waals surface area contributed by atoms with Gasteiger partial charge in [-0.2, -0.15) is 4.98 Å². The zero-order valence-corrected chi connectivity index (χ0v) is 17.0. The van der Waals surface area contributed by atoms with Crippen molar-refractivity contribution in [3.8, 4) is 0 Å². The topological polar surface area (TPSA) is 94.7 Å². The number of aromatic amines is 1. The Morgan fingerprint density at radius 3 is 2.84 bits per heavy atom. The number of anilines is 4. The lowest BCUT2D eigenvalue weighted by Gasteiger charge is -2.10. The molecule has 0 saturated carbocycles. The lowest BCUT2D eigenvalue weighted by atomic mass is 10.2. The van der Waals surface area contributed by atoms with Crippen LogP contribution in [-0.2, 0) is 4.79 Å². The lowest BCUT2D eigenvalue weighted by Crippen LogP contribution is -2.13. The molecule has 0 bridgehead atoms. The number of carbonyl (C=O) groups is 1. The van der Waals surface area contributed by atoms with Crippen LogP contribution in [0.1, 0.15) is 11.3 Å². The summed E-state index contributed by atoms with van der Waals surface area (Å²) in [6.07, 6.45) is 4.76. The highest BCUT2D eigenvalue weighted by Crippen LogP contribution is 2.27. The van der Waals surface area contributed by atoms with Gasteiger partial charge >= 0.3 is 0 Å². The Morgan fingerprint density at radius 1 is 1.13 bits per heavy atom. The van der Waals surface area contributed by atoms with E-state index in [2.05, 4.69) is 30.9 Å². The van der Waals surface area contributed by atoms with Gasteiger partial charge in [-0.25, -0.2) is 9.37 Å². The number of halogens is 1. The van der Waals surface area contributed by atoms with Crippen molar-refractivity contribution >= 4 is 46.0 Å². The minimum Gasteiger partial charge on any atom is -0.359 e. The number of nitrogens with one attached hydrogen (secondary N) is 4. The van der Waals surface area contributed by atoms with E-state index in [0.29, 0.717) is 22.8 Å². The fourth-order valence-electron chi connectivity index (χ4n) is 3.14. The number of fused-ring (bicyclic) bond motifs is 1. The van der Waals surface area contributed by atoms with Gasteiger partial charge in [0.15, 0.2) is 5.82 Å². The second-order valence-electron chi connectivity index (χ2n) is 6.93. The molecule has 4 rings (SSSR count). The molecule has 0 radical (unpaired) electrons. The van der Waals surface area contributed by atoms with Crippen molar-refractivity contribution in [2.45, 2.75) is 6.92 Å². The zero-order valence-electron chi connectivity index (χ0n) is 17.0. The van der Waals surface area contributed by atoms with Crippen molar-refractivity contribution in [1.82, 2.24) is 20.3 Å². The number of benzene rings is 2. The molecule has 0 atom stereocenters. The maximum Gasteiger partial charge on any atom is 0.243 e. The summed E-state index contributed by atoms with van der Waals surface area (Å²) in [7, 11) is 1.58. The fraction of sp³-hybridized carbons (Fsp3) is 0.0870. The van der Waals surface area contributed by atoms with Crippen LogP contribution in [0.5, 0.6) is 0 Å². The molecule has 0 aliphatic carbocycles. The lowest BCUT2D eigenvalue weighted by molar-refractivity contribution is -0.115. The van der Waals surface area contributed by atoms with Crippen LogP contribution in [-0.4, -0.2) is 27.9 Å². The van der Waals surface area contributed by atoms with Gasteiger partial charge < -0.3 is 20.9 Å². The number of aryl methyl sites for hydroxylation is 1. The van der Waals surface area contributed by atoms with Crippen LogP contribution in [0.2, 0.25) is 0 Å². The summed E-state index contributed by atoms with van der Waals surface area (Å²) in [5.74, 6) is 0.293. The molecule has 0 fully saturated rings. The number of carbonyl (C=O) groups excluding carboxylic acids is 1.